The van der Waals surface area contributed by atoms with Gasteiger partial charge in [-0.1, -0.05) is 95.6 Å². The van der Waals surface area contributed by atoms with Crippen LogP contribution in [0.5, 0.6) is 0 Å². The van der Waals surface area contributed by atoms with Crippen molar-refractivity contribution in [1.82, 2.24) is 94.0 Å². The third-order valence-electron chi connectivity index (χ3n) is 17.9. The Morgan fingerprint density at radius 1 is 0.449 bits per heavy atom. The SMILES string of the molecule is CCCC[C@H](NC(=O)[C@H](CCCCN(CC(=O)O)CC(=O)O)NC(=O)[C@H](Cc1cnc[nH]1)NC(=O)[C@H](CCC(N)=O)NC(=O)[C@H](CO)NC(=O)[C@H](CO)NC(=O)[C@H](CCC(N)=O)NC(=O)[C@@H](CO)NC(=O)CNC(=O)COCCOCCNC(=O)COCCOCCNC(=O)CCCCCCCCCCCCCCCc1nn[nH]n1)C(C)=O. The van der Waals surface area contributed by atoms with E-state index in [1.165, 1.54) is 77.2 Å². The van der Waals surface area contributed by atoms with Crippen molar-refractivity contribution in [2.75, 3.05) is 112 Å². The number of unbranched alkanes of at least 4 members (excludes halogenated alkanes) is 14. The highest BCUT2D eigenvalue weighted by molar-refractivity contribution is 5.99. The number of aliphatic hydroxyl groups excluding tert-OH is 3. The molecule has 0 saturated heterocycles. The van der Waals surface area contributed by atoms with Crippen molar-refractivity contribution in [1.29, 1.82) is 0 Å². The molecule has 0 saturated carbocycles. The molecule has 118 heavy (non-hydrogen) atoms. The van der Waals surface area contributed by atoms with Crippen LogP contribution >= 0.6 is 0 Å². The van der Waals surface area contributed by atoms with Gasteiger partial charge in [-0.05, 0) is 64.8 Å². The standard InChI is InChI=1S/C73H124N20O25/c1-3-4-20-50(48(2)97)82-67(108)51(21-18-19-30-93(40-65(104)105)41-66(106)107)83-70(111)54(37-49-38-76-47-80-49)86-68(109)52(24-26-58(74)98)85-72(113)56(43-95)88-73(114)57(44-96)87-69(110)53(25-27-59(75)99)84-71(112)55(42-94)81-62(101)39-79-64(103)46-118-36-34-116-32-29-78-63(102)45-117-35-33-115-31-28-77-61(100)23-17-15-13-11-9-7-5-6-8-10-12-14-16-22-60-89-91-92-90-60/h38,47,50-57,94-96H,3-37,39-46H2,1-2H3,(H2,74,98)(H2,75,99)(H,76,80)(H,77,100)(H,78,102)(H,79,103)(H,81,101)(H,82,108)(H,83,111)(H,84,112)(H,85,113)(H,86,109)(H,87,110)(H,88,114)(H,104,105)(H,106,107)(H,89,90,91,92)/t50-,51-,52-,53-,54-,55+,56-,57-/m0/s1. The van der Waals surface area contributed by atoms with Gasteiger partial charge in [-0.15, -0.1) is 10.2 Å². The number of amides is 13. The fourth-order valence-corrected chi connectivity index (χ4v) is 11.5. The second-order valence-electron chi connectivity index (χ2n) is 27.9. The predicted molar refractivity (Wildman–Crippen MR) is 416 cm³/mol. The molecule has 0 spiro atoms. The number of carbonyl (C=O) groups excluding carboxylic acids is 14. The highest BCUT2D eigenvalue weighted by atomic mass is 16.5. The van der Waals surface area contributed by atoms with E-state index < -0.39 is 209 Å². The van der Waals surface area contributed by atoms with Crippen molar-refractivity contribution < 1.29 is 121 Å². The number of nitrogens with one attached hydrogen (secondary N) is 13. The van der Waals surface area contributed by atoms with Crippen LogP contribution in [0.4, 0.5) is 0 Å². The van der Waals surface area contributed by atoms with Gasteiger partial charge in [0, 0.05) is 57.1 Å². The molecule has 2 aromatic rings. The molecular weight excluding hydrogens is 1560 g/mol. The number of primary amides is 2. The summed E-state index contributed by atoms with van der Waals surface area (Å²) in [5.41, 5.74) is 11.0. The zero-order chi connectivity index (χ0) is 87.3. The Bertz CT molecular complexity index is 3330. The van der Waals surface area contributed by atoms with Gasteiger partial charge >= 0.3 is 11.9 Å². The molecule has 45 heteroatoms. The van der Waals surface area contributed by atoms with E-state index in [0.29, 0.717) is 32.4 Å². The van der Waals surface area contributed by atoms with Crippen molar-refractivity contribution in [3.63, 3.8) is 0 Å². The Labute approximate surface area is 683 Å². The van der Waals surface area contributed by atoms with Crippen LogP contribution in [0.25, 0.3) is 0 Å². The Morgan fingerprint density at radius 2 is 0.864 bits per heavy atom. The number of ketones is 1. The summed E-state index contributed by atoms with van der Waals surface area (Å²) in [4.78, 5) is 214. The lowest BCUT2D eigenvalue weighted by Gasteiger charge is -2.27. The van der Waals surface area contributed by atoms with E-state index in [-0.39, 0.29) is 96.4 Å². The van der Waals surface area contributed by atoms with Gasteiger partial charge in [-0.25, -0.2) is 4.98 Å². The van der Waals surface area contributed by atoms with Crippen LogP contribution in [0.1, 0.15) is 179 Å². The van der Waals surface area contributed by atoms with Crippen LogP contribution in [0, 0.1) is 0 Å². The number of aromatic nitrogens is 6. The molecule has 2 aromatic heterocycles. The van der Waals surface area contributed by atoms with Crippen LogP contribution in [0.15, 0.2) is 12.5 Å². The number of H-pyrrole nitrogens is 2. The number of carboxylic acids is 2. The monoisotopic (exact) mass is 1680 g/mol. The van der Waals surface area contributed by atoms with E-state index in [9.17, 15) is 102 Å². The lowest BCUT2D eigenvalue weighted by Crippen LogP contribution is -2.61. The zero-order valence-corrected chi connectivity index (χ0v) is 67.5. The summed E-state index contributed by atoms with van der Waals surface area (Å²) in [6.07, 6.45) is 17.9. The summed E-state index contributed by atoms with van der Waals surface area (Å²) >= 11 is 0. The number of aliphatic carboxylic acids is 2. The van der Waals surface area contributed by atoms with Gasteiger partial charge in [-0.3, -0.25) is 81.6 Å². The van der Waals surface area contributed by atoms with Crippen LogP contribution in [0.2, 0.25) is 0 Å². The second-order valence-corrected chi connectivity index (χ2v) is 27.9. The molecule has 0 aliphatic heterocycles. The first-order chi connectivity index (χ1) is 56.6. The molecule has 2 rings (SSSR count). The summed E-state index contributed by atoms with van der Waals surface area (Å²) in [5, 5.41) is 89.5. The first-order valence-electron chi connectivity index (χ1n) is 39.9. The van der Waals surface area contributed by atoms with Crippen molar-refractivity contribution in [2.24, 2.45) is 11.5 Å². The first-order valence-corrected chi connectivity index (χ1v) is 39.9. The molecule has 0 aliphatic rings. The summed E-state index contributed by atoms with van der Waals surface area (Å²) in [6, 6.07) is -13.5. The maximum atomic E-state index is 14.3. The first kappa shape index (κ1) is 104. The number of nitrogens with two attached hydrogens (primary N) is 2. The molecule has 13 amide bonds. The Morgan fingerprint density at radius 3 is 1.31 bits per heavy atom. The van der Waals surface area contributed by atoms with E-state index in [2.05, 4.69) is 89.1 Å². The van der Waals surface area contributed by atoms with Gasteiger partial charge in [0.2, 0.25) is 76.8 Å². The van der Waals surface area contributed by atoms with E-state index >= 15 is 0 Å². The number of rotatable bonds is 73. The Kier molecular flexibility index (Phi) is 56.1. The molecule has 0 bridgehead atoms. The molecule has 0 fully saturated rings. The van der Waals surface area contributed by atoms with Gasteiger partial charge in [0.05, 0.1) is 91.5 Å². The number of ether oxygens (including phenoxy) is 4. The molecule has 0 unspecified atom stereocenters. The average Bonchev–Trinajstić information content (AvgIpc) is 1.25. The largest absolute Gasteiger partial charge is 0.480 e. The summed E-state index contributed by atoms with van der Waals surface area (Å²) in [5.74, 6) is -14.6. The summed E-state index contributed by atoms with van der Waals surface area (Å²) in [7, 11) is 0. The van der Waals surface area contributed by atoms with Crippen molar-refractivity contribution in [2.45, 2.75) is 229 Å². The molecule has 22 N–H and O–H groups in total. The molecular formula is C73H124N20O25. The minimum absolute atomic E-state index is 0.0123. The van der Waals surface area contributed by atoms with E-state index in [1.807, 2.05) is 6.92 Å². The third kappa shape index (κ3) is 50.3. The quantitative estimate of drug-likeness (QED) is 0.0275. The van der Waals surface area contributed by atoms with Gasteiger partial charge in [0.1, 0.15) is 55.5 Å². The van der Waals surface area contributed by atoms with Gasteiger partial charge < -0.3 is 119 Å². The number of nitrogens with zero attached hydrogens (tertiary/aromatic N) is 5. The fraction of sp³-hybridized carbons (Fsp3) is 0.726. The number of Topliss-reactive ketones (excluding diaryl/α,β-unsaturated/α-hetero) is 1. The molecule has 0 radical (unpaired) electrons. The summed E-state index contributed by atoms with van der Waals surface area (Å²) in [6.45, 7) is -2.02. The Balaban J connectivity index is 1.84. The molecule has 0 aliphatic carbocycles. The summed E-state index contributed by atoms with van der Waals surface area (Å²) < 4.78 is 21.4. The average molecular weight is 1680 g/mol. The number of tetrazole rings is 1. The van der Waals surface area contributed by atoms with E-state index in [0.717, 1.165) is 42.8 Å². The lowest BCUT2D eigenvalue weighted by atomic mass is 10.0. The molecule has 666 valence electrons. The number of imidazole rings is 1. The highest BCUT2D eigenvalue weighted by Crippen LogP contribution is 2.15. The number of hydrogen-bond donors (Lipinski definition) is 20. The number of aliphatic hydroxyl groups is 3. The highest BCUT2D eigenvalue weighted by Gasteiger charge is 2.36. The normalized spacial score (nSPS) is 13.2. The number of carboxylic acid groups (broad SMARTS) is 2. The predicted octanol–water partition coefficient (Wildman–Crippen LogP) is -5.61. The zero-order valence-electron chi connectivity index (χ0n) is 67.5. The lowest BCUT2D eigenvalue weighted by molar-refractivity contribution is -0.142. The maximum absolute atomic E-state index is 14.3. The van der Waals surface area contributed by atoms with Crippen molar-refractivity contribution in [3.8, 4) is 0 Å². The number of aromatic amines is 2. The van der Waals surface area contributed by atoms with Gasteiger partial charge in [0.25, 0.3) is 0 Å². The molecule has 8 atom stereocenters. The number of carbonyl (C=O) groups is 16. The molecule has 0 aromatic carbocycles. The van der Waals surface area contributed by atoms with Gasteiger partial charge in [0.15, 0.2) is 11.6 Å². The van der Waals surface area contributed by atoms with Crippen molar-refractivity contribution >= 4 is 94.5 Å². The third-order valence-corrected chi connectivity index (χ3v) is 17.9. The minimum Gasteiger partial charge on any atom is -0.480 e. The number of aryl methyl sites for hydroxylation is 1. The molecule has 2 heterocycles. The van der Waals surface area contributed by atoms with Crippen LogP contribution in [-0.2, 0) is 109 Å². The van der Waals surface area contributed by atoms with Crippen LogP contribution in [-0.4, -0.2) is 316 Å². The fourth-order valence-electron chi connectivity index (χ4n) is 11.5. The maximum Gasteiger partial charge on any atom is 0.317 e. The van der Waals surface area contributed by atoms with Crippen molar-refractivity contribution in [3.05, 3.63) is 24.0 Å². The van der Waals surface area contributed by atoms with Crippen LogP contribution in [0.3, 0.4) is 0 Å². The minimum atomic E-state index is -2.01. The smallest absolute Gasteiger partial charge is 0.317 e. The Hall–Kier alpha value is -10.3. The van der Waals surface area contributed by atoms with Gasteiger partial charge in [-0.2, -0.15) is 5.21 Å². The number of hydrogen-bond acceptors (Lipinski definition) is 28. The van der Waals surface area contributed by atoms with E-state index in [4.69, 9.17) is 30.4 Å². The van der Waals surface area contributed by atoms with E-state index in [1.54, 1.807) is 0 Å². The van der Waals surface area contributed by atoms with Crippen LogP contribution < -0.4 is 70.0 Å². The molecule has 45 nitrogen and oxygen atoms in total. The topological polar surface area (TPSA) is 682 Å². The second kappa shape index (κ2) is 63.8.